The third-order valence-electron chi connectivity index (χ3n) is 2.45. The third kappa shape index (κ3) is 6.09. The van der Waals surface area contributed by atoms with E-state index < -0.39 is 0 Å². The molecule has 13 heavy (non-hydrogen) atoms. The van der Waals surface area contributed by atoms with Crippen LogP contribution in [-0.2, 0) is 0 Å². The van der Waals surface area contributed by atoms with E-state index in [4.69, 9.17) is 0 Å². The fraction of sp³-hybridized carbons (Fsp3) is 1.00. The monoisotopic (exact) mass is 185 g/mol. The van der Waals surface area contributed by atoms with Crippen molar-refractivity contribution in [3.63, 3.8) is 0 Å². The van der Waals surface area contributed by atoms with Gasteiger partial charge in [-0.25, -0.2) is 0 Å². The quantitative estimate of drug-likeness (QED) is 0.633. The first-order valence-electron chi connectivity index (χ1n) is 5.64. The summed E-state index contributed by atoms with van der Waals surface area (Å²) in [6.07, 6.45) is 2.56. The molecule has 0 aliphatic carbocycles. The third-order valence-corrected chi connectivity index (χ3v) is 2.45. The second-order valence-electron chi connectivity index (χ2n) is 5.24. The van der Waals surface area contributed by atoms with E-state index in [0.717, 1.165) is 6.04 Å². The highest BCUT2D eigenvalue weighted by atomic mass is 15.1. The van der Waals surface area contributed by atoms with Crippen LogP contribution in [0.1, 0.15) is 54.4 Å². The van der Waals surface area contributed by atoms with Crippen molar-refractivity contribution in [3.8, 4) is 0 Å². The van der Waals surface area contributed by atoms with Crippen LogP contribution in [0.25, 0.3) is 0 Å². The average Bonchev–Trinajstić information content (AvgIpc) is 1.96. The number of nitrogens with zero attached hydrogens (tertiary/aromatic N) is 1. The van der Waals surface area contributed by atoms with Crippen LogP contribution in [0.3, 0.4) is 0 Å². The van der Waals surface area contributed by atoms with Crippen molar-refractivity contribution < 1.29 is 0 Å². The number of rotatable bonds is 5. The lowest BCUT2D eigenvalue weighted by atomic mass is 9.88. The van der Waals surface area contributed by atoms with Gasteiger partial charge in [0.05, 0.1) is 0 Å². The largest absolute Gasteiger partial charge is 0.301 e. The maximum absolute atomic E-state index is 2.57. The molecule has 0 bridgehead atoms. The summed E-state index contributed by atoms with van der Waals surface area (Å²) in [6, 6.07) is 0.727. The predicted octanol–water partition coefficient (Wildman–Crippen LogP) is 3.54. The van der Waals surface area contributed by atoms with Gasteiger partial charge in [0.2, 0.25) is 0 Å². The molecule has 0 aromatic heterocycles. The van der Waals surface area contributed by atoms with Crippen LogP contribution < -0.4 is 0 Å². The van der Waals surface area contributed by atoms with Gasteiger partial charge in [0.1, 0.15) is 0 Å². The topological polar surface area (TPSA) is 3.24 Å². The Morgan fingerprint density at radius 2 is 1.69 bits per heavy atom. The summed E-state index contributed by atoms with van der Waals surface area (Å²) in [5.41, 5.74) is 0.459. The zero-order valence-electron chi connectivity index (χ0n) is 10.4. The molecule has 0 spiro atoms. The number of hydrogen-bond donors (Lipinski definition) is 0. The molecule has 0 radical (unpaired) electrons. The molecule has 0 aromatic carbocycles. The molecule has 0 aromatic rings. The van der Waals surface area contributed by atoms with E-state index in [-0.39, 0.29) is 0 Å². The van der Waals surface area contributed by atoms with Crippen molar-refractivity contribution in [3.05, 3.63) is 0 Å². The first-order valence-corrected chi connectivity index (χ1v) is 5.64. The second kappa shape index (κ2) is 5.64. The maximum Gasteiger partial charge on any atom is 0.00717 e. The summed E-state index contributed by atoms with van der Waals surface area (Å²) in [7, 11) is 0. The van der Waals surface area contributed by atoms with Crippen LogP contribution in [0.15, 0.2) is 0 Å². The Labute approximate surface area is 84.5 Å². The fourth-order valence-electron chi connectivity index (χ4n) is 1.99. The van der Waals surface area contributed by atoms with Gasteiger partial charge in [-0.3, -0.25) is 0 Å². The summed E-state index contributed by atoms with van der Waals surface area (Å²) in [6.45, 7) is 16.3. The van der Waals surface area contributed by atoms with Crippen molar-refractivity contribution in [1.82, 2.24) is 4.90 Å². The second-order valence-corrected chi connectivity index (χ2v) is 5.24. The van der Waals surface area contributed by atoms with E-state index in [9.17, 15) is 0 Å². The minimum atomic E-state index is 0.459. The fourth-order valence-corrected chi connectivity index (χ4v) is 1.99. The Hall–Kier alpha value is -0.0400. The highest BCUT2D eigenvalue weighted by Crippen LogP contribution is 2.23. The van der Waals surface area contributed by atoms with E-state index in [1.54, 1.807) is 0 Å². The van der Waals surface area contributed by atoms with Crippen molar-refractivity contribution in [1.29, 1.82) is 0 Å². The maximum atomic E-state index is 2.57. The van der Waals surface area contributed by atoms with Crippen LogP contribution in [0.5, 0.6) is 0 Å². The van der Waals surface area contributed by atoms with E-state index in [0.29, 0.717) is 5.41 Å². The van der Waals surface area contributed by atoms with E-state index in [1.165, 1.54) is 25.9 Å². The number of hydrogen-bond acceptors (Lipinski definition) is 1. The molecule has 1 unspecified atom stereocenters. The molecule has 0 N–H and O–H groups in total. The molecular weight excluding hydrogens is 158 g/mol. The van der Waals surface area contributed by atoms with Gasteiger partial charge < -0.3 is 4.90 Å². The minimum Gasteiger partial charge on any atom is -0.301 e. The molecule has 0 saturated heterocycles. The standard InChI is InChI=1S/C12H27N/c1-7-9-13(8-2)11(3)10-12(4,5)6/h11H,7-10H2,1-6H3. The Bertz CT molecular complexity index is 124. The van der Waals surface area contributed by atoms with Gasteiger partial charge in [0.15, 0.2) is 0 Å². The van der Waals surface area contributed by atoms with E-state index >= 15 is 0 Å². The van der Waals surface area contributed by atoms with Crippen LogP contribution in [0.2, 0.25) is 0 Å². The molecule has 80 valence electrons. The molecule has 1 atom stereocenters. The molecule has 0 saturated carbocycles. The molecule has 0 amide bonds. The van der Waals surface area contributed by atoms with Gasteiger partial charge in [-0.1, -0.05) is 34.6 Å². The summed E-state index contributed by atoms with van der Waals surface area (Å²) < 4.78 is 0. The van der Waals surface area contributed by atoms with E-state index in [2.05, 4.69) is 46.4 Å². The van der Waals surface area contributed by atoms with Gasteiger partial charge in [-0.05, 0) is 38.3 Å². The van der Waals surface area contributed by atoms with Crippen LogP contribution >= 0.6 is 0 Å². The SMILES string of the molecule is CCCN(CC)C(C)CC(C)(C)C. The first kappa shape index (κ1) is 13.0. The lowest BCUT2D eigenvalue weighted by Crippen LogP contribution is -2.36. The van der Waals surface area contributed by atoms with Crippen LogP contribution in [0, 0.1) is 5.41 Å². The normalized spacial score (nSPS) is 15.0. The molecule has 0 aliphatic rings. The van der Waals surface area contributed by atoms with Crippen molar-refractivity contribution >= 4 is 0 Å². The Morgan fingerprint density at radius 1 is 1.15 bits per heavy atom. The highest BCUT2D eigenvalue weighted by molar-refractivity contribution is 4.73. The molecular formula is C12H27N. The molecule has 0 heterocycles. The van der Waals surface area contributed by atoms with Gasteiger partial charge in [-0.15, -0.1) is 0 Å². The van der Waals surface area contributed by atoms with Crippen molar-refractivity contribution in [2.45, 2.75) is 60.4 Å². The molecule has 0 rings (SSSR count). The smallest absolute Gasteiger partial charge is 0.00717 e. The first-order chi connectivity index (χ1) is 5.90. The van der Waals surface area contributed by atoms with Crippen molar-refractivity contribution in [2.24, 2.45) is 5.41 Å². The zero-order valence-corrected chi connectivity index (χ0v) is 10.4. The van der Waals surface area contributed by atoms with Gasteiger partial charge in [0, 0.05) is 6.04 Å². The van der Waals surface area contributed by atoms with Gasteiger partial charge >= 0.3 is 0 Å². The lowest BCUT2D eigenvalue weighted by molar-refractivity contribution is 0.167. The summed E-state index contributed by atoms with van der Waals surface area (Å²) >= 11 is 0. The summed E-state index contributed by atoms with van der Waals surface area (Å²) in [5, 5.41) is 0. The Kier molecular flexibility index (Phi) is 5.62. The molecule has 0 fully saturated rings. The lowest BCUT2D eigenvalue weighted by Gasteiger charge is -2.32. The Morgan fingerprint density at radius 3 is 2.00 bits per heavy atom. The highest BCUT2D eigenvalue weighted by Gasteiger charge is 2.18. The van der Waals surface area contributed by atoms with Crippen molar-refractivity contribution in [2.75, 3.05) is 13.1 Å². The molecule has 1 heteroatoms. The van der Waals surface area contributed by atoms with Crippen LogP contribution in [0.4, 0.5) is 0 Å². The molecule has 1 nitrogen and oxygen atoms in total. The average molecular weight is 185 g/mol. The van der Waals surface area contributed by atoms with Gasteiger partial charge in [0.25, 0.3) is 0 Å². The summed E-state index contributed by atoms with van der Waals surface area (Å²) in [4.78, 5) is 2.57. The zero-order chi connectivity index (χ0) is 10.5. The molecule has 0 aliphatic heterocycles. The summed E-state index contributed by atoms with van der Waals surface area (Å²) in [5.74, 6) is 0. The van der Waals surface area contributed by atoms with Crippen LogP contribution in [-0.4, -0.2) is 24.0 Å². The van der Waals surface area contributed by atoms with E-state index in [1.807, 2.05) is 0 Å². The minimum absolute atomic E-state index is 0.459. The van der Waals surface area contributed by atoms with Gasteiger partial charge in [-0.2, -0.15) is 0 Å². The Balaban J connectivity index is 3.97. The predicted molar refractivity (Wildman–Crippen MR) is 61.1 cm³/mol.